The number of aryl methyl sites for hydroxylation is 1. The van der Waals surface area contributed by atoms with Gasteiger partial charge in [0, 0.05) is 16.1 Å². The topological polar surface area (TPSA) is 98.5 Å². The van der Waals surface area contributed by atoms with Gasteiger partial charge in [-0.2, -0.15) is 0 Å². The van der Waals surface area contributed by atoms with Crippen LogP contribution < -0.4 is 11.1 Å². The molecule has 148 valence electrons. The molecule has 1 aromatic carbocycles. The van der Waals surface area contributed by atoms with Crippen molar-refractivity contribution in [1.82, 2.24) is 0 Å². The van der Waals surface area contributed by atoms with Gasteiger partial charge in [-0.3, -0.25) is 9.59 Å². The van der Waals surface area contributed by atoms with E-state index in [0.29, 0.717) is 22.0 Å². The number of hydrogen-bond acceptors (Lipinski definition) is 5. The highest BCUT2D eigenvalue weighted by Gasteiger charge is 2.25. The minimum atomic E-state index is -0.939. The number of benzene rings is 1. The molecule has 7 heteroatoms. The minimum absolute atomic E-state index is 0.351. The molecule has 0 saturated carbocycles. The maximum atomic E-state index is 12.5. The maximum Gasteiger partial charge on any atom is 0.349 e. The molecule has 0 spiro atoms. The van der Waals surface area contributed by atoms with Gasteiger partial charge < -0.3 is 15.8 Å². The number of carbonyl (C=O) groups is 3. The Hall–Kier alpha value is -2.67. The molecular formula is C21H24N2O4S. The van der Waals surface area contributed by atoms with Crippen LogP contribution in [0.4, 0.5) is 5.69 Å². The fourth-order valence-electron chi connectivity index (χ4n) is 3.28. The van der Waals surface area contributed by atoms with E-state index in [2.05, 4.69) is 12.2 Å². The highest BCUT2D eigenvalue weighted by Crippen LogP contribution is 2.33. The predicted octanol–water partition coefficient (Wildman–Crippen LogP) is 3.55. The molecule has 3 N–H and O–H groups in total. The van der Waals surface area contributed by atoms with Crippen molar-refractivity contribution in [3.8, 4) is 0 Å². The number of amides is 2. The van der Waals surface area contributed by atoms with E-state index >= 15 is 0 Å². The van der Waals surface area contributed by atoms with Gasteiger partial charge in [-0.1, -0.05) is 13.3 Å². The fraction of sp³-hybridized carbons (Fsp3) is 0.381. The third-order valence-corrected chi connectivity index (χ3v) is 6.27. The number of rotatable bonds is 6. The molecule has 3 rings (SSSR count). The van der Waals surface area contributed by atoms with Crippen LogP contribution in [0.5, 0.6) is 0 Å². The number of ether oxygens (including phenoxy) is 1. The van der Waals surface area contributed by atoms with Gasteiger partial charge in [0.05, 0.1) is 0 Å². The third kappa shape index (κ3) is 4.59. The monoisotopic (exact) mass is 400 g/mol. The van der Waals surface area contributed by atoms with Crippen LogP contribution >= 0.6 is 11.3 Å². The first-order valence-corrected chi connectivity index (χ1v) is 10.2. The smallest absolute Gasteiger partial charge is 0.349 e. The van der Waals surface area contributed by atoms with E-state index in [-0.39, 0.29) is 0 Å². The number of nitrogens with two attached hydrogens (primary N) is 1. The zero-order chi connectivity index (χ0) is 20.3. The largest absolute Gasteiger partial charge is 0.448 e. The van der Waals surface area contributed by atoms with Crippen molar-refractivity contribution >= 4 is 34.8 Å². The summed E-state index contributed by atoms with van der Waals surface area (Å²) >= 11 is 1.47. The number of primary amides is 1. The van der Waals surface area contributed by atoms with Gasteiger partial charge in [0.1, 0.15) is 4.88 Å². The van der Waals surface area contributed by atoms with Gasteiger partial charge in [0.15, 0.2) is 6.10 Å². The molecule has 0 radical (unpaired) electrons. The Morgan fingerprint density at radius 1 is 1.29 bits per heavy atom. The number of esters is 1. The molecule has 0 fully saturated rings. The summed E-state index contributed by atoms with van der Waals surface area (Å²) in [5.41, 5.74) is 7.28. The fourth-order valence-corrected chi connectivity index (χ4v) is 4.37. The van der Waals surface area contributed by atoms with Crippen molar-refractivity contribution in [2.45, 2.75) is 45.6 Å². The summed E-state index contributed by atoms with van der Waals surface area (Å²) in [5, 5.41) is 2.66. The van der Waals surface area contributed by atoms with Gasteiger partial charge >= 0.3 is 5.97 Å². The molecule has 2 aromatic rings. The van der Waals surface area contributed by atoms with Crippen molar-refractivity contribution in [3.05, 3.63) is 51.2 Å². The maximum absolute atomic E-state index is 12.5. The lowest BCUT2D eigenvalue weighted by atomic mass is 9.87. The summed E-state index contributed by atoms with van der Waals surface area (Å²) < 4.78 is 5.35. The summed E-state index contributed by atoms with van der Waals surface area (Å²) in [7, 11) is 0. The summed E-state index contributed by atoms with van der Waals surface area (Å²) in [6.45, 7) is 3.73. The second kappa shape index (κ2) is 8.56. The first-order chi connectivity index (χ1) is 13.4. The SMILES string of the molecule is CC[C@@H]1CCc2sc(C(=O)O[C@H](C)C(=O)Nc3ccc(C(N)=O)cc3)cc2C1. The number of anilines is 1. The number of carbonyl (C=O) groups excluding carboxylic acids is 3. The Balaban J connectivity index is 1.58. The highest BCUT2D eigenvalue weighted by molar-refractivity contribution is 7.14. The molecule has 0 aliphatic heterocycles. The summed E-state index contributed by atoms with van der Waals surface area (Å²) in [5.74, 6) is -0.771. The molecule has 2 atom stereocenters. The Labute approximate surface area is 168 Å². The molecule has 0 unspecified atom stereocenters. The molecule has 2 amide bonds. The Kier molecular flexibility index (Phi) is 6.14. The molecule has 1 aliphatic carbocycles. The van der Waals surface area contributed by atoms with E-state index < -0.39 is 23.9 Å². The number of fused-ring (bicyclic) bond motifs is 1. The van der Waals surface area contributed by atoms with Crippen molar-refractivity contribution in [2.75, 3.05) is 5.32 Å². The Morgan fingerprint density at radius 2 is 2.00 bits per heavy atom. The third-order valence-electron chi connectivity index (χ3n) is 5.05. The van der Waals surface area contributed by atoms with Crippen molar-refractivity contribution < 1.29 is 19.1 Å². The Morgan fingerprint density at radius 3 is 2.64 bits per heavy atom. The lowest BCUT2D eigenvalue weighted by Crippen LogP contribution is -2.29. The first kappa shape index (κ1) is 20.1. The highest BCUT2D eigenvalue weighted by atomic mass is 32.1. The Bertz CT molecular complexity index is 888. The molecule has 1 aromatic heterocycles. The van der Waals surface area contributed by atoms with Crippen molar-refractivity contribution in [1.29, 1.82) is 0 Å². The molecule has 0 bridgehead atoms. The van der Waals surface area contributed by atoms with Gasteiger partial charge in [-0.15, -0.1) is 11.3 Å². The van der Waals surface area contributed by atoms with E-state index in [0.717, 1.165) is 25.7 Å². The van der Waals surface area contributed by atoms with Crippen LogP contribution in [-0.4, -0.2) is 23.9 Å². The predicted molar refractivity (Wildman–Crippen MR) is 109 cm³/mol. The molecule has 1 aliphatic rings. The van der Waals surface area contributed by atoms with Gasteiger partial charge in [-0.05, 0) is 68.0 Å². The van der Waals surface area contributed by atoms with Crippen LogP contribution in [0.25, 0.3) is 0 Å². The van der Waals surface area contributed by atoms with Crippen LogP contribution in [0.2, 0.25) is 0 Å². The second-order valence-electron chi connectivity index (χ2n) is 7.05. The zero-order valence-electron chi connectivity index (χ0n) is 16.0. The second-order valence-corrected chi connectivity index (χ2v) is 8.19. The van der Waals surface area contributed by atoms with Crippen molar-refractivity contribution in [3.63, 3.8) is 0 Å². The van der Waals surface area contributed by atoms with Crippen LogP contribution in [-0.2, 0) is 22.4 Å². The lowest BCUT2D eigenvalue weighted by Gasteiger charge is -2.19. The molecule has 28 heavy (non-hydrogen) atoms. The standard InChI is InChI=1S/C21H24N2O4S/c1-3-13-4-9-17-15(10-13)11-18(28-17)21(26)27-12(2)20(25)23-16-7-5-14(6-8-16)19(22)24/h5-8,11-13H,3-4,9-10H2,1-2H3,(H2,22,24)(H,23,25)/t12-,13-/m1/s1. The number of hydrogen-bond donors (Lipinski definition) is 2. The summed E-state index contributed by atoms with van der Waals surface area (Å²) in [4.78, 5) is 37.6. The van der Waals surface area contributed by atoms with Gasteiger partial charge in [0.2, 0.25) is 5.91 Å². The van der Waals surface area contributed by atoms with E-state index in [9.17, 15) is 14.4 Å². The quantitative estimate of drug-likeness (QED) is 0.725. The van der Waals surface area contributed by atoms with Crippen LogP contribution in [0, 0.1) is 5.92 Å². The first-order valence-electron chi connectivity index (χ1n) is 9.40. The van der Waals surface area contributed by atoms with E-state index in [1.54, 1.807) is 12.1 Å². The van der Waals surface area contributed by atoms with Crippen LogP contribution in [0.1, 0.15) is 57.2 Å². The lowest BCUT2D eigenvalue weighted by molar-refractivity contribution is -0.123. The van der Waals surface area contributed by atoms with E-state index in [1.807, 2.05) is 6.07 Å². The van der Waals surface area contributed by atoms with Gasteiger partial charge in [0.25, 0.3) is 5.91 Å². The van der Waals surface area contributed by atoms with Crippen molar-refractivity contribution in [2.24, 2.45) is 11.7 Å². The van der Waals surface area contributed by atoms with Gasteiger partial charge in [-0.25, -0.2) is 4.79 Å². The summed E-state index contributed by atoms with van der Waals surface area (Å²) in [6, 6.07) is 8.11. The number of nitrogens with one attached hydrogen (secondary N) is 1. The zero-order valence-corrected chi connectivity index (χ0v) is 16.8. The van der Waals surface area contributed by atoms with Crippen LogP contribution in [0.15, 0.2) is 30.3 Å². The normalized spacial score (nSPS) is 16.7. The average molecular weight is 401 g/mol. The molecule has 6 nitrogen and oxygen atoms in total. The molecule has 1 heterocycles. The van der Waals surface area contributed by atoms with E-state index in [1.165, 1.54) is 40.8 Å². The number of thiophene rings is 1. The van der Waals surface area contributed by atoms with E-state index in [4.69, 9.17) is 10.5 Å². The van der Waals surface area contributed by atoms with Crippen LogP contribution in [0.3, 0.4) is 0 Å². The molecule has 0 saturated heterocycles. The minimum Gasteiger partial charge on any atom is -0.448 e. The molecular weight excluding hydrogens is 376 g/mol. The summed E-state index contributed by atoms with van der Waals surface area (Å²) in [6.07, 6.45) is 3.38. The average Bonchev–Trinajstić information content (AvgIpc) is 3.11.